The molecule has 7 heteroatoms. The Kier molecular flexibility index (Phi) is 3.45. The van der Waals surface area contributed by atoms with Crippen molar-refractivity contribution in [2.75, 3.05) is 6.54 Å². The van der Waals surface area contributed by atoms with Crippen molar-refractivity contribution in [3.05, 3.63) is 28.8 Å². The van der Waals surface area contributed by atoms with Crippen LogP contribution >= 0.6 is 0 Å². The molecule has 1 amide bonds. The first-order valence-corrected chi connectivity index (χ1v) is 5.92. The Morgan fingerprint density at radius 2 is 1.95 bits per heavy atom. The highest BCUT2D eigenvalue weighted by molar-refractivity contribution is 5.97. The van der Waals surface area contributed by atoms with Gasteiger partial charge in [-0.15, -0.1) is 0 Å². The second-order valence-corrected chi connectivity index (χ2v) is 4.63. The Hall–Kier alpha value is -2.05. The molecule has 1 N–H and O–H groups in total. The van der Waals surface area contributed by atoms with Gasteiger partial charge in [-0.05, 0) is 25.0 Å². The summed E-state index contributed by atoms with van der Waals surface area (Å²) in [6.45, 7) is 0.934. The van der Waals surface area contributed by atoms with Gasteiger partial charge in [-0.2, -0.15) is 13.2 Å². The number of hydrogen-bond acceptors (Lipinski definition) is 3. The molecule has 0 atom stereocenters. The van der Waals surface area contributed by atoms with Crippen molar-refractivity contribution in [2.45, 2.75) is 26.1 Å². The van der Waals surface area contributed by atoms with Crippen LogP contribution < -0.4 is 0 Å². The third-order valence-corrected chi connectivity index (χ3v) is 3.28. The van der Waals surface area contributed by atoms with Gasteiger partial charge in [-0.3, -0.25) is 9.59 Å². The predicted molar refractivity (Wildman–Crippen MR) is 63.3 cm³/mol. The van der Waals surface area contributed by atoms with Crippen LogP contribution in [0.15, 0.2) is 12.1 Å². The number of rotatable bonds is 1. The zero-order valence-electron chi connectivity index (χ0n) is 10.6. The molecule has 4 nitrogen and oxygen atoms in total. The maximum absolute atomic E-state index is 12.4. The smallest absolute Gasteiger partial charge is 0.471 e. The summed E-state index contributed by atoms with van der Waals surface area (Å²) in [6.07, 6.45) is -4.82. The summed E-state index contributed by atoms with van der Waals surface area (Å²) in [7, 11) is 0. The molecule has 1 aliphatic rings. The maximum Gasteiger partial charge on any atom is 0.471 e. The molecule has 0 aromatic heterocycles. The minimum atomic E-state index is -4.90. The van der Waals surface area contributed by atoms with E-state index >= 15 is 0 Å². The fourth-order valence-corrected chi connectivity index (χ4v) is 2.27. The Balaban J connectivity index is 2.31. The standard InChI is InChI=1S/C13H12F3NO3/c1-7(18)9-3-2-8-6-17(12(20)13(14,15)16)5-4-10(8)11(9)19/h2-3,19H,4-6H2,1H3. The third kappa shape index (κ3) is 2.48. The molecule has 0 fully saturated rings. The lowest BCUT2D eigenvalue weighted by molar-refractivity contribution is -0.186. The Labute approximate surface area is 112 Å². The van der Waals surface area contributed by atoms with E-state index in [0.29, 0.717) is 16.0 Å². The van der Waals surface area contributed by atoms with Gasteiger partial charge in [0.2, 0.25) is 0 Å². The molecular weight excluding hydrogens is 275 g/mol. The number of fused-ring (bicyclic) bond motifs is 1. The molecule has 0 bridgehead atoms. The summed E-state index contributed by atoms with van der Waals surface area (Å²) in [5.41, 5.74) is 1.000. The van der Waals surface area contributed by atoms with Crippen molar-refractivity contribution in [3.8, 4) is 5.75 Å². The van der Waals surface area contributed by atoms with E-state index in [2.05, 4.69) is 0 Å². The zero-order valence-corrected chi connectivity index (χ0v) is 10.6. The SMILES string of the molecule is CC(=O)c1ccc2c(c1O)CCN(C(=O)C(F)(F)F)C2. The van der Waals surface area contributed by atoms with Crippen LogP contribution in [-0.4, -0.2) is 34.4 Å². The maximum atomic E-state index is 12.4. The molecule has 1 aromatic carbocycles. The molecule has 0 radical (unpaired) electrons. The number of amides is 1. The molecule has 0 aliphatic carbocycles. The van der Waals surface area contributed by atoms with Gasteiger partial charge >= 0.3 is 12.1 Å². The third-order valence-electron chi connectivity index (χ3n) is 3.28. The van der Waals surface area contributed by atoms with Gasteiger partial charge in [0.25, 0.3) is 0 Å². The number of phenolic OH excluding ortho intramolecular Hbond substituents is 1. The first-order valence-electron chi connectivity index (χ1n) is 5.92. The lowest BCUT2D eigenvalue weighted by Gasteiger charge is -2.30. The molecule has 0 saturated carbocycles. The minimum Gasteiger partial charge on any atom is -0.507 e. The Morgan fingerprint density at radius 1 is 1.30 bits per heavy atom. The number of hydrogen-bond donors (Lipinski definition) is 1. The van der Waals surface area contributed by atoms with E-state index in [-0.39, 0.29) is 36.6 Å². The molecule has 1 heterocycles. The normalized spacial score (nSPS) is 14.9. The molecule has 108 valence electrons. The number of ketones is 1. The van der Waals surface area contributed by atoms with Gasteiger partial charge in [0.05, 0.1) is 5.56 Å². The second kappa shape index (κ2) is 4.81. The van der Waals surface area contributed by atoms with Gasteiger partial charge in [0, 0.05) is 18.7 Å². The molecule has 1 aliphatic heterocycles. The molecule has 0 spiro atoms. The fourth-order valence-electron chi connectivity index (χ4n) is 2.27. The number of nitrogens with zero attached hydrogens (tertiary/aromatic N) is 1. The molecule has 20 heavy (non-hydrogen) atoms. The van der Waals surface area contributed by atoms with Crippen molar-refractivity contribution in [1.82, 2.24) is 4.90 Å². The summed E-state index contributed by atoms with van der Waals surface area (Å²) in [4.78, 5) is 23.1. The zero-order chi connectivity index (χ0) is 15.1. The second-order valence-electron chi connectivity index (χ2n) is 4.63. The van der Waals surface area contributed by atoms with Gasteiger partial charge in [0.15, 0.2) is 5.78 Å². The van der Waals surface area contributed by atoms with Crippen LogP contribution in [0.4, 0.5) is 13.2 Å². The monoisotopic (exact) mass is 287 g/mol. The van der Waals surface area contributed by atoms with Crippen molar-refractivity contribution < 1.29 is 27.9 Å². The van der Waals surface area contributed by atoms with E-state index in [1.54, 1.807) is 0 Å². The summed E-state index contributed by atoms with van der Waals surface area (Å²) < 4.78 is 37.1. The largest absolute Gasteiger partial charge is 0.507 e. The van der Waals surface area contributed by atoms with Crippen molar-refractivity contribution in [1.29, 1.82) is 0 Å². The predicted octanol–water partition coefficient (Wildman–Crippen LogP) is 2.04. The topological polar surface area (TPSA) is 57.6 Å². The van der Waals surface area contributed by atoms with Gasteiger partial charge < -0.3 is 10.0 Å². The molecule has 2 rings (SSSR count). The first-order chi connectivity index (χ1) is 9.21. The number of carbonyl (C=O) groups excluding carboxylic acids is 2. The van der Waals surface area contributed by atoms with Crippen LogP contribution in [-0.2, 0) is 17.8 Å². The van der Waals surface area contributed by atoms with E-state index in [4.69, 9.17) is 0 Å². The van der Waals surface area contributed by atoms with E-state index in [0.717, 1.165) is 0 Å². The molecule has 0 saturated heterocycles. The molecule has 1 aromatic rings. The molecular formula is C13H12F3NO3. The number of benzene rings is 1. The Bertz CT molecular complexity index is 581. The summed E-state index contributed by atoms with van der Waals surface area (Å²) >= 11 is 0. The van der Waals surface area contributed by atoms with E-state index < -0.39 is 12.1 Å². The van der Waals surface area contributed by atoms with Gasteiger partial charge in [-0.1, -0.05) is 6.07 Å². The van der Waals surface area contributed by atoms with Crippen LogP contribution in [0, 0.1) is 0 Å². The average molecular weight is 287 g/mol. The number of halogens is 3. The van der Waals surface area contributed by atoms with Crippen LogP contribution in [0.1, 0.15) is 28.4 Å². The molecule has 0 unspecified atom stereocenters. The van der Waals surface area contributed by atoms with E-state index in [9.17, 15) is 27.9 Å². The lowest BCUT2D eigenvalue weighted by atomic mass is 9.94. The van der Waals surface area contributed by atoms with E-state index in [1.165, 1.54) is 19.1 Å². The minimum absolute atomic E-state index is 0.0874. The number of phenols is 1. The van der Waals surface area contributed by atoms with Gasteiger partial charge in [-0.25, -0.2) is 0 Å². The van der Waals surface area contributed by atoms with Crippen LogP contribution in [0.25, 0.3) is 0 Å². The summed E-state index contributed by atoms with van der Waals surface area (Å²) in [5, 5.41) is 9.94. The number of Topliss-reactive ketones (excluding diaryl/α,β-unsaturated/α-hetero) is 1. The summed E-state index contributed by atoms with van der Waals surface area (Å²) in [6, 6.07) is 2.83. The first kappa shape index (κ1) is 14.4. The summed E-state index contributed by atoms with van der Waals surface area (Å²) in [5.74, 6) is -2.41. The van der Waals surface area contributed by atoms with Gasteiger partial charge in [0.1, 0.15) is 5.75 Å². The lowest BCUT2D eigenvalue weighted by Crippen LogP contribution is -2.43. The highest BCUT2D eigenvalue weighted by Crippen LogP contribution is 2.32. The van der Waals surface area contributed by atoms with Crippen molar-refractivity contribution in [2.24, 2.45) is 0 Å². The number of alkyl halides is 3. The fraction of sp³-hybridized carbons (Fsp3) is 0.385. The Morgan fingerprint density at radius 3 is 2.50 bits per heavy atom. The highest BCUT2D eigenvalue weighted by atomic mass is 19.4. The number of aromatic hydroxyl groups is 1. The quantitative estimate of drug-likeness (QED) is 0.804. The van der Waals surface area contributed by atoms with E-state index in [1.807, 2.05) is 0 Å². The van der Waals surface area contributed by atoms with Crippen LogP contribution in [0.2, 0.25) is 0 Å². The van der Waals surface area contributed by atoms with Crippen LogP contribution in [0.3, 0.4) is 0 Å². The van der Waals surface area contributed by atoms with Crippen molar-refractivity contribution >= 4 is 11.7 Å². The highest BCUT2D eigenvalue weighted by Gasteiger charge is 2.43. The number of carbonyl (C=O) groups is 2. The van der Waals surface area contributed by atoms with Crippen LogP contribution in [0.5, 0.6) is 5.75 Å². The average Bonchev–Trinajstić information content (AvgIpc) is 2.36. The van der Waals surface area contributed by atoms with Crippen molar-refractivity contribution in [3.63, 3.8) is 0 Å².